The molecule has 3 nitrogen and oxygen atoms in total. The summed E-state index contributed by atoms with van der Waals surface area (Å²) in [6.07, 6.45) is 2.19. The van der Waals surface area contributed by atoms with Gasteiger partial charge in [0.15, 0.2) is 0 Å². The van der Waals surface area contributed by atoms with E-state index in [0.29, 0.717) is 0 Å². The summed E-state index contributed by atoms with van der Waals surface area (Å²) in [5, 5.41) is 0.944. The Balaban J connectivity index is 3.65. The third-order valence-corrected chi connectivity index (χ3v) is 3.60. The molecule has 0 aromatic heterocycles. The fraction of sp³-hybridized carbons (Fsp3) is 0.750. The summed E-state index contributed by atoms with van der Waals surface area (Å²) in [6, 6.07) is 0. The van der Waals surface area contributed by atoms with E-state index < -0.39 is 0 Å². The Bertz CT molecular complexity index is 170. The van der Waals surface area contributed by atoms with Crippen LogP contribution in [0.5, 0.6) is 0 Å². The molecule has 0 rings (SSSR count). The van der Waals surface area contributed by atoms with E-state index in [1.54, 1.807) is 7.05 Å². The monoisotopic (exact) mass is 237 g/mol. The van der Waals surface area contributed by atoms with E-state index in [4.69, 9.17) is 0 Å². The predicted molar refractivity (Wildman–Crippen MR) is 49.3 cm³/mol. The molecule has 0 aromatic carbocycles. The average Bonchev–Trinajstić information content (AvgIpc) is 2.03. The van der Waals surface area contributed by atoms with E-state index in [9.17, 15) is 9.59 Å². The zero-order valence-corrected chi connectivity index (χ0v) is 9.51. The van der Waals surface area contributed by atoms with Crippen LogP contribution >= 0.6 is 0 Å². The van der Waals surface area contributed by atoms with Gasteiger partial charge in [-0.25, -0.2) is 0 Å². The molecule has 0 bridgehead atoms. The summed E-state index contributed by atoms with van der Waals surface area (Å²) in [4.78, 5) is 23.1. The van der Waals surface area contributed by atoms with Crippen LogP contribution in [0.2, 0.25) is 5.32 Å². The van der Waals surface area contributed by atoms with Crippen LogP contribution in [-0.4, -0.2) is 37.6 Å². The van der Waals surface area contributed by atoms with Gasteiger partial charge in [0, 0.05) is 0 Å². The Kier molecular flexibility index (Phi) is 6.03. The summed E-state index contributed by atoms with van der Waals surface area (Å²) in [5.41, 5.74) is 0. The van der Waals surface area contributed by atoms with Gasteiger partial charge in [0.1, 0.15) is 0 Å². The second kappa shape index (κ2) is 6.21. The molecule has 70 valence electrons. The van der Waals surface area contributed by atoms with Gasteiger partial charge in [-0.1, -0.05) is 0 Å². The Labute approximate surface area is 79.7 Å². The van der Waals surface area contributed by atoms with Gasteiger partial charge in [-0.3, -0.25) is 0 Å². The van der Waals surface area contributed by atoms with Crippen LogP contribution in [0.25, 0.3) is 0 Å². The van der Waals surface area contributed by atoms with Crippen molar-refractivity contribution >= 4 is 25.7 Å². The van der Waals surface area contributed by atoms with Crippen molar-refractivity contribution in [1.29, 1.82) is 0 Å². The van der Waals surface area contributed by atoms with Crippen molar-refractivity contribution in [2.45, 2.75) is 32.0 Å². The molecule has 0 unspecified atom stereocenters. The van der Waals surface area contributed by atoms with Crippen LogP contribution in [0.3, 0.4) is 0 Å². The molecule has 0 heterocycles. The molecule has 0 N–H and O–H groups in total. The molecule has 2 amide bonds. The quantitative estimate of drug-likeness (QED) is 0.548. The van der Waals surface area contributed by atoms with Crippen molar-refractivity contribution in [3.63, 3.8) is 0 Å². The fourth-order valence-electron chi connectivity index (χ4n) is 0.529. The third kappa shape index (κ3) is 4.52. The van der Waals surface area contributed by atoms with Crippen LogP contribution in [0, 0.1) is 0 Å². The van der Waals surface area contributed by atoms with Crippen LogP contribution in [0.15, 0.2) is 0 Å². The maximum absolute atomic E-state index is 11.2. The van der Waals surface area contributed by atoms with Gasteiger partial charge in [0.25, 0.3) is 0 Å². The topological polar surface area (TPSA) is 37.4 Å². The molecule has 0 saturated carbocycles. The van der Waals surface area contributed by atoms with E-state index in [1.165, 1.54) is 11.8 Å². The molecule has 4 heteroatoms. The van der Waals surface area contributed by atoms with E-state index in [2.05, 4.69) is 6.92 Å². The van der Waals surface area contributed by atoms with Crippen LogP contribution < -0.4 is 0 Å². The zero-order chi connectivity index (χ0) is 9.56. The number of carbonyl (C=O) groups is 2. The van der Waals surface area contributed by atoms with Crippen molar-refractivity contribution in [3.8, 4) is 0 Å². The molecule has 0 spiro atoms. The molecular weight excluding hydrogens is 221 g/mol. The van der Waals surface area contributed by atoms with E-state index >= 15 is 0 Å². The number of carbonyl (C=O) groups excluding carboxylic acids is 2. The van der Waals surface area contributed by atoms with Crippen molar-refractivity contribution < 1.29 is 9.59 Å². The number of unbranched alkanes of at least 4 members (excludes halogenated alkanes) is 1. The number of hydrogen-bond donors (Lipinski definition) is 0. The van der Waals surface area contributed by atoms with Crippen LogP contribution in [0.1, 0.15) is 26.7 Å². The molecule has 0 aromatic rings. The van der Waals surface area contributed by atoms with E-state index in [0.717, 1.165) is 18.2 Å². The van der Waals surface area contributed by atoms with Gasteiger partial charge in [-0.05, 0) is 0 Å². The first-order chi connectivity index (χ1) is 5.59. The van der Waals surface area contributed by atoms with Gasteiger partial charge >= 0.3 is 79.2 Å². The first-order valence-electron chi connectivity index (χ1n) is 4.00. The molecule has 0 radical (unpaired) electrons. The van der Waals surface area contributed by atoms with Crippen molar-refractivity contribution in [2.24, 2.45) is 0 Å². The number of nitrogens with zero attached hydrogens (tertiary/aromatic N) is 1. The number of hydrogen-bond acceptors (Lipinski definition) is 2. The van der Waals surface area contributed by atoms with Gasteiger partial charge in [-0.15, -0.1) is 0 Å². The normalized spacial score (nSPS) is 9.58. The molecule has 0 fully saturated rings. The van der Waals surface area contributed by atoms with Gasteiger partial charge < -0.3 is 0 Å². The van der Waals surface area contributed by atoms with Crippen molar-refractivity contribution in [1.82, 2.24) is 4.90 Å². The first kappa shape index (κ1) is 11.7. The molecule has 0 aliphatic rings. The summed E-state index contributed by atoms with van der Waals surface area (Å²) < 4.78 is 0. The summed E-state index contributed by atoms with van der Waals surface area (Å²) >= 11 is -0.0452. The van der Waals surface area contributed by atoms with E-state index in [1.807, 2.05) is 0 Å². The third-order valence-electron chi connectivity index (χ3n) is 1.47. The molecule has 0 saturated heterocycles. The van der Waals surface area contributed by atoms with Gasteiger partial charge in [-0.2, -0.15) is 0 Å². The van der Waals surface area contributed by atoms with Crippen molar-refractivity contribution in [2.75, 3.05) is 7.05 Å². The second-order valence-electron chi connectivity index (χ2n) is 2.55. The van der Waals surface area contributed by atoms with Gasteiger partial charge in [0.05, 0.1) is 0 Å². The Hall–Kier alpha value is -0.341. The number of rotatable bonds is 4. The minimum absolute atomic E-state index is 0.0107. The van der Waals surface area contributed by atoms with E-state index in [-0.39, 0.29) is 25.7 Å². The zero-order valence-electron chi connectivity index (χ0n) is 7.79. The summed E-state index contributed by atoms with van der Waals surface area (Å²) in [7, 11) is 1.54. The minimum atomic E-state index is -0.168. The molecule has 0 atom stereocenters. The molecule has 0 aliphatic heterocycles. The number of imide groups is 1. The van der Waals surface area contributed by atoms with Crippen molar-refractivity contribution in [3.05, 3.63) is 0 Å². The standard InChI is InChI=1S/C8H15NO2Se/c1-4-5-6-12-8(11)9(3)7(2)10/h4-6H2,1-3H3. The van der Waals surface area contributed by atoms with Gasteiger partial charge in [0.2, 0.25) is 0 Å². The SMILES string of the molecule is CCCC[Se]C(=O)N(C)C(C)=O. The van der Waals surface area contributed by atoms with Crippen LogP contribution in [-0.2, 0) is 4.79 Å². The van der Waals surface area contributed by atoms with Crippen LogP contribution in [0.4, 0.5) is 4.79 Å². The summed E-state index contributed by atoms with van der Waals surface area (Å²) in [5.74, 6) is -0.168. The fourth-order valence-corrected chi connectivity index (χ4v) is 2.48. The number of amides is 2. The molecule has 12 heavy (non-hydrogen) atoms. The molecule has 0 aliphatic carbocycles. The first-order valence-corrected chi connectivity index (χ1v) is 6.07. The Morgan fingerprint density at radius 3 is 2.42 bits per heavy atom. The second-order valence-corrected chi connectivity index (χ2v) is 4.74. The average molecular weight is 236 g/mol. The predicted octanol–water partition coefficient (Wildman–Crippen LogP) is 1.51. The Morgan fingerprint density at radius 1 is 1.42 bits per heavy atom. The summed E-state index contributed by atoms with van der Waals surface area (Å²) in [6.45, 7) is 3.50. The molecular formula is C8H15NO2Se. The Morgan fingerprint density at radius 2 is 2.00 bits per heavy atom. The maximum atomic E-state index is 11.2.